The number of hydrazine groups is 1. The van der Waals surface area contributed by atoms with E-state index in [0.717, 1.165) is 17.4 Å². The Bertz CT molecular complexity index is 600. The molecule has 1 amide bonds. The molecule has 0 bridgehead atoms. The van der Waals surface area contributed by atoms with E-state index in [9.17, 15) is 9.59 Å². The molecule has 0 fully saturated rings. The summed E-state index contributed by atoms with van der Waals surface area (Å²) in [5.74, 6) is -0.0485. The Hall–Kier alpha value is -2.28. The number of hydrogen-bond donors (Lipinski definition) is 3. The number of aromatic amines is 1. The molecule has 19 heavy (non-hydrogen) atoms. The van der Waals surface area contributed by atoms with Crippen LogP contribution in [0, 0.1) is 0 Å². The summed E-state index contributed by atoms with van der Waals surface area (Å²) in [7, 11) is 0. The maximum Gasteiger partial charge on any atom is 0.251 e. The summed E-state index contributed by atoms with van der Waals surface area (Å²) in [4.78, 5) is 29.1. The molecule has 0 atom stereocenters. The lowest BCUT2D eigenvalue weighted by molar-refractivity contribution is -0.118. The number of benzene rings is 1. The fourth-order valence-electron chi connectivity index (χ4n) is 1.26. The first-order valence-electron chi connectivity index (χ1n) is 5.52. The van der Waals surface area contributed by atoms with Crippen LogP contribution >= 0.6 is 11.8 Å². The molecule has 1 aromatic carbocycles. The van der Waals surface area contributed by atoms with Crippen LogP contribution in [0.4, 0.5) is 5.69 Å². The van der Waals surface area contributed by atoms with Crippen LogP contribution in [0.15, 0.2) is 52.5 Å². The molecule has 6 nitrogen and oxygen atoms in total. The van der Waals surface area contributed by atoms with Gasteiger partial charge < -0.3 is 4.98 Å². The maximum absolute atomic E-state index is 11.6. The summed E-state index contributed by atoms with van der Waals surface area (Å²) in [6, 6.07) is 10.6. The van der Waals surface area contributed by atoms with Gasteiger partial charge in [0.05, 0.1) is 11.4 Å². The first-order valence-corrected chi connectivity index (χ1v) is 6.50. The minimum atomic E-state index is -0.236. The van der Waals surface area contributed by atoms with Crippen LogP contribution in [0.1, 0.15) is 0 Å². The van der Waals surface area contributed by atoms with Crippen LogP contribution in [-0.2, 0) is 4.79 Å². The van der Waals surface area contributed by atoms with E-state index >= 15 is 0 Å². The van der Waals surface area contributed by atoms with E-state index in [-0.39, 0.29) is 17.2 Å². The zero-order valence-electron chi connectivity index (χ0n) is 9.92. The molecule has 0 aliphatic rings. The SMILES string of the molecule is O=C(CSc1nccc(=O)[nH]1)NNc1ccccc1. The van der Waals surface area contributed by atoms with Crippen molar-refractivity contribution in [1.82, 2.24) is 15.4 Å². The van der Waals surface area contributed by atoms with Crippen molar-refractivity contribution in [2.45, 2.75) is 5.16 Å². The van der Waals surface area contributed by atoms with Gasteiger partial charge in [0, 0.05) is 12.3 Å². The summed E-state index contributed by atoms with van der Waals surface area (Å²) in [5, 5.41) is 0.419. The number of thioether (sulfide) groups is 1. The van der Waals surface area contributed by atoms with E-state index in [4.69, 9.17) is 0 Å². The molecule has 0 radical (unpaired) electrons. The van der Waals surface area contributed by atoms with Crippen molar-refractivity contribution in [2.75, 3.05) is 11.2 Å². The lowest BCUT2D eigenvalue weighted by Crippen LogP contribution is -2.30. The zero-order valence-corrected chi connectivity index (χ0v) is 10.7. The molecule has 0 spiro atoms. The predicted octanol–water partition coefficient (Wildman–Crippen LogP) is 1.01. The van der Waals surface area contributed by atoms with Crippen LogP contribution in [0.25, 0.3) is 0 Å². The number of amides is 1. The van der Waals surface area contributed by atoms with Gasteiger partial charge in [0.1, 0.15) is 0 Å². The number of carbonyl (C=O) groups is 1. The van der Waals surface area contributed by atoms with Crippen molar-refractivity contribution in [3.8, 4) is 0 Å². The third-order valence-corrected chi connectivity index (χ3v) is 3.00. The van der Waals surface area contributed by atoms with Gasteiger partial charge in [-0.3, -0.25) is 20.4 Å². The quantitative estimate of drug-likeness (QED) is 0.431. The van der Waals surface area contributed by atoms with E-state index in [1.165, 1.54) is 12.3 Å². The van der Waals surface area contributed by atoms with Gasteiger partial charge in [-0.15, -0.1) is 0 Å². The molecule has 0 aliphatic carbocycles. The molecular weight excluding hydrogens is 264 g/mol. The highest BCUT2D eigenvalue weighted by molar-refractivity contribution is 7.99. The first kappa shape index (κ1) is 13.2. The van der Waals surface area contributed by atoms with Crippen LogP contribution in [0.5, 0.6) is 0 Å². The van der Waals surface area contributed by atoms with E-state index < -0.39 is 0 Å². The normalized spacial score (nSPS) is 9.89. The Morgan fingerprint density at radius 3 is 2.79 bits per heavy atom. The van der Waals surface area contributed by atoms with Crippen LogP contribution in [0.2, 0.25) is 0 Å². The molecular formula is C12H12N4O2S. The van der Waals surface area contributed by atoms with Gasteiger partial charge in [-0.2, -0.15) is 0 Å². The van der Waals surface area contributed by atoms with Crippen molar-refractivity contribution >= 4 is 23.4 Å². The second-order valence-electron chi connectivity index (χ2n) is 3.57. The average Bonchev–Trinajstić information content (AvgIpc) is 2.44. The number of rotatable bonds is 5. The molecule has 0 unspecified atom stereocenters. The number of hydrogen-bond acceptors (Lipinski definition) is 5. The Morgan fingerprint density at radius 2 is 2.05 bits per heavy atom. The number of anilines is 1. The summed E-state index contributed by atoms with van der Waals surface area (Å²) in [6.45, 7) is 0. The van der Waals surface area contributed by atoms with Gasteiger partial charge in [0.25, 0.3) is 5.56 Å². The molecule has 0 aliphatic heterocycles. The summed E-state index contributed by atoms with van der Waals surface area (Å²) < 4.78 is 0. The number of aromatic nitrogens is 2. The third-order valence-electron chi connectivity index (χ3n) is 2.11. The predicted molar refractivity (Wildman–Crippen MR) is 73.8 cm³/mol. The van der Waals surface area contributed by atoms with E-state index in [1.54, 1.807) is 0 Å². The zero-order chi connectivity index (χ0) is 13.5. The highest BCUT2D eigenvalue weighted by Crippen LogP contribution is 2.09. The monoisotopic (exact) mass is 276 g/mol. The highest BCUT2D eigenvalue weighted by atomic mass is 32.2. The van der Waals surface area contributed by atoms with Crippen molar-refractivity contribution in [1.29, 1.82) is 0 Å². The number of carbonyl (C=O) groups excluding carboxylic acids is 1. The van der Waals surface area contributed by atoms with Crippen molar-refractivity contribution < 1.29 is 4.79 Å². The van der Waals surface area contributed by atoms with E-state index in [0.29, 0.717) is 5.16 Å². The Kier molecular flexibility index (Phi) is 4.57. The molecule has 1 aromatic heterocycles. The minimum absolute atomic E-state index is 0.160. The topological polar surface area (TPSA) is 86.9 Å². The van der Waals surface area contributed by atoms with Gasteiger partial charge in [-0.1, -0.05) is 30.0 Å². The summed E-state index contributed by atoms with van der Waals surface area (Å²) in [6.07, 6.45) is 1.40. The standard InChI is InChI=1S/C12H12N4O2S/c17-10-6-7-13-12(14-10)19-8-11(18)16-15-9-4-2-1-3-5-9/h1-7,15H,8H2,(H,16,18)(H,13,14,17). The van der Waals surface area contributed by atoms with Crippen molar-refractivity contribution in [3.63, 3.8) is 0 Å². The van der Waals surface area contributed by atoms with Crippen LogP contribution in [0.3, 0.4) is 0 Å². The Morgan fingerprint density at radius 1 is 1.26 bits per heavy atom. The molecule has 2 rings (SSSR count). The van der Waals surface area contributed by atoms with E-state index in [2.05, 4.69) is 20.8 Å². The van der Waals surface area contributed by atoms with Gasteiger partial charge in [-0.05, 0) is 12.1 Å². The number of nitrogens with zero attached hydrogens (tertiary/aromatic N) is 1. The smallest absolute Gasteiger partial charge is 0.251 e. The van der Waals surface area contributed by atoms with Crippen LogP contribution < -0.4 is 16.4 Å². The van der Waals surface area contributed by atoms with Crippen molar-refractivity contribution in [2.24, 2.45) is 0 Å². The average molecular weight is 276 g/mol. The van der Waals surface area contributed by atoms with Crippen LogP contribution in [-0.4, -0.2) is 21.6 Å². The van der Waals surface area contributed by atoms with E-state index in [1.807, 2.05) is 30.3 Å². The lowest BCUT2D eigenvalue weighted by atomic mass is 10.3. The second kappa shape index (κ2) is 6.60. The number of para-hydroxylation sites is 1. The largest absolute Gasteiger partial charge is 0.301 e. The van der Waals surface area contributed by atoms with Gasteiger partial charge in [-0.25, -0.2) is 4.98 Å². The third kappa shape index (κ3) is 4.47. The fraction of sp³-hybridized carbons (Fsp3) is 0.0833. The van der Waals surface area contributed by atoms with Gasteiger partial charge in [0.2, 0.25) is 5.91 Å². The first-order chi connectivity index (χ1) is 9.24. The Balaban J connectivity index is 1.77. The molecule has 7 heteroatoms. The molecule has 0 saturated carbocycles. The molecule has 1 heterocycles. The second-order valence-corrected chi connectivity index (χ2v) is 4.53. The van der Waals surface area contributed by atoms with Gasteiger partial charge >= 0.3 is 0 Å². The summed E-state index contributed by atoms with van der Waals surface area (Å²) >= 11 is 1.16. The molecule has 3 N–H and O–H groups in total. The Labute approximate surface area is 113 Å². The molecule has 2 aromatic rings. The minimum Gasteiger partial charge on any atom is -0.301 e. The molecule has 98 valence electrons. The lowest BCUT2D eigenvalue weighted by Gasteiger charge is -2.07. The fourth-order valence-corrected chi connectivity index (χ4v) is 1.91. The maximum atomic E-state index is 11.6. The number of H-pyrrole nitrogens is 1. The van der Waals surface area contributed by atoms with Crippen molar-refractivity contribution in [3.05, 3.63) is 52.9 Å². The summed E-state index contributed by atoms with van der Waals surface area (Å²) in [5.41, 5.74) is 5.90. The number of nitrogens with one attached hydrogen (secondary N) is 3. The highest BCUT2D eigenvalue weighted by Gasteiger charge is 2.03. The molecule has 0 saturated heterocycles. The van der Waals surface area contributed by atoms with Gasteiger partial charge in [0.15, 0.2) is 5.16 Å².